The Morgan fingerprint density at radius 3 is 2.59 bits per heavy atom. The SMILES string of the molecule is Cc1ccc(N2NC(C(=O)NC(C)CCc3ccccc3)=NCC2=O)cc1. The van der Waals surface area contributed by atoms with Gasteiger partial charge in [-0.25, -0.2) is 5.01 Å². The molecular formula is C21H24N4O2. The van der Waals surface area contributed by atoms with Crippen molar-refractivity contribution in [2.45, 2.75) is 32.7 Å². The molecule has 1 aliphatic rings. The van der Waals surface area contributed by atoms with E-state index in [1.54, 1.807) is 0 Å². The van der Waals surface area contributed by atoms with Gasteiger partial charge in [0.2, 0.25) is 5.84 Å². The van der Waals surface area contributed by atoms with Crippen LogP contribution in [0.25, 0.3) is 0 Å². The van der Waals surface area contributed by atoms with E-state index >= 15 is 0 Å². The lowest BCUT2D eigenvalue weighted by Crippen LogP contribution is -2.56. The molecule has 2 N–H and O–H groups in total. The third-order valence-corrected chi connectivity index (χ3v) is 4.43. The van der Waals surface area contributed by atoms with Crippen LogP contribution in [-0.2, 0) is 16.0 Å². The molecule has 6 heteroatoms. The molecule has 0 radical (unpaired) electrons. The van der Waals surface area contributed by atoms with Crippen LogP contribution >= 0.6 is 0 Å². The molecule has 1 heterocycles. The van der Waals surface area contributed by atoms with Crippen LogP contribution in [0.1, 0.15) is 24.5 Å². The maximum Gasteiger partial charge on any atom is 0.288 e. The molecular weight excluding hydrogens is 340 g/mol. The van der Waals surface area contributed by atoms with Gasteiger partial charge in [-0.05, 0) is 44.4 Å². The van der Waals surface area contributed by atoms with Crippen molar-refractivity contribution in [3.05, 3.63) is 65.7 Å². The molecule has 140 valence electrons. The molecule has 3 rings (SSSR count). The van der Waals surface area contributed by atoms with Gasteiger partial charge in [-0.3, -0.25) is 20.0 Å². The Kier molecular flexibility index (Phi) is 5.86. The number of rotatable bonds is 6. The number of carbonyl (C=O) groups is 2. The summed E-state index contributed by atoms with van der Waals surface area (Å²) in [6.45, 7) is 3.89. The second-order valence-electron chi connectivity index (χ2n) is 6.74. The van der Waals surface area contributed by atoms with E-state index in [0.717, 1.165) is 18.4 Å². The first-order valence-corrected chi connectivity index (χ1v) is 9.08. The van der Waals surface area contributed by atoms with Gasteiger partial charge in [-0.2, -0.15) is 0 Å². The number of aryl methyl sites for hydroxylation is 2. The number of amides is 2. The zero-order chi connectivity index (χ0) is 19.2. The molecule has 0 aromatic heterocycles. The molecule has 0 fully saturated rings. The number of hydrogen-bond donors (Lipinski definition) is 2. The molecule has 2 aromatic carbocycles. The molecule has 0 bridgehead atoms. The van der Waals surface area contributed by atoms with Crippen molar-refractivity contribution in [1.82, 2.24) is 10.7 Å². The van der Waals surface area contributed by atoms with Gasteiger partial charge >= 0.3 is 0 Å². The summed E-state index contributed by atoms with van der Waals surface area (Å²) in [5.41, 5.74) is 5.86. The van der Waals surface area contributed by atoms with Crippen molar-refractivity contribution in [2.24, 2.45) is 4.99 Å². The Morgan fingerprint density at radius 1 is 1.19 bits per heavy atom. The molecule has 0 spiro atoms. The molecule has 1 unspecified atom stereocenters. The zero-order valence-electron chi connectivity index (χ0n) is 15.6. The lowest BCUT2D eigenvalue weighted by molar-refractivity contribution is -0.118. The van der Waals surface area contributed by atoms with Gasteiger partial charge in [0, 0.05) is 6.04 Å². The van der Waals surface area contributed by atoms with E-state index in [2.05, 4.69) is 27.9 Å². The molecule has 1 aliphatic heterocycles. The molecule has 0 aliphatic carbocycles. The van der Waals surface area contributed by atoms with Gasteiger partial charge in [0.1, 0.15) is 6.54 Å². The molecule has 0 saturated carbocycles. The van der Waals surface area contributed by atoms with E-state index in [1.807, 2.05) is 56.3 Å². The highest BCUT2D eigenvalue weighted by molar-refractivity contribution is 6.39. The smallest absolute Gasteiger partial charge is 0.288 e. The first kappa shape index (κ1) is 18.6. The van der Waals surface area contributed by atoms with Gasteiger partial charge in [0.25, 0.3) is 11.8 Å². The Bertz CT molecular complexity index is 831. The predicted octanol–water partition coefficient (Wildman–Crippen LogP) is 2.38. The van der Waals surface area contributed by atoms with E-state index in [-0.39, 0.29) is 30.2 Å². The van der Waals surface area contributed by atoms with E-state index in [4.69, 9.17) is 0 Å². The second-order valence-corrected chi connectivity index (χ2v) is 6.74. The number of amidine groups is 1. The van der Waals surface area contributed by atoms with Gasteiger partial charge in [0.05, 0.1) is 5.69 Å². The third kappa shape index (κ3) is 4.94. The fraction of sp³-hybridized carbons (Fsp3) is 0.286. The molecule has 2 aromatic rings. The van der Waals surface area contributed by atoms with Crippen molar-refractivity contribution in [1.29, 1.82) is 0 Å². The number of carbonyl (C=O) groups excluding carboxylic acids is 2. The molecule has 0 saturated heterocycles. The Hall–Kier alpha value is -3.15. The quantitative estimate of drug-likeness (QED) is 0.826. The highest BCUT2D eigenvalue weighted by atomic mass is 16.2. The minimum atomic E-state index is -0.305. The first-order chi connectivity index (χ1) is 13.0. The van der Waals surface area contributed by atoms with E-state index in [9.17, 15) is 9.59 Å². The normalized spacial score (nSPS) is 15.0. The fourth-order valence-corrected chi connectivity index (χ4v) is 2.84. The van der Waals surface area contributed by atoms with Crippen LogP contribution in [0.15, 0.2) is 59.6 Å². The fourth-order valence-electron chi connectivity index (χ4n) is 2.84. The lowest BCUT2D eigenvalue weighted by atomic mass is 10.1. The number of hydrogen-bond acceptors (Lipinski definition) is 4. The summed E-state index contributed by atoms with van der Waals surface area (Å²) in [4.78, 5) is 28.7. The maximum atomic E-state index is 12.5. The summed E-state index contributed by atoms with van der Waals surface area (Å²) in [5.74, 6) is -0.352. The first-order valence-electron chi connectivity index (χ1n) is 9.08. The largest absolute Gasteiger partial charge is 0.347 e. The minimum Gasteiger partial charge on any atom is -0.347 e. The van der Waals surface area contributed by atoms with Gasteiger partial charge in [-0.1, -0.05) is 48.0 Å². The summed E-state index contributed by atoms with van der Waals surface area (Å²) in [6.07, 6.45) is 1.71. The van der Waals surface area contributed by atoms with E-state index in [0.29, 0.717) is 5.69 Å². The zero-order valence-corrected chi connectivity index (χ0v) is 15.6. The topological polar surface area (TPSA) is 73.8 Å². The van der Waals surface area contributed by atoms with Crippen molar-refractivity contribution in [3.8, 4) is 0 Å². The van der Waals surface area contributed by atoms with Crippen LogP contribution in [0.4, 0.5) is 5.69 Å². The van der Waals surface area contributed by atoms with Crippen molar-refractivity contribution in [2.75, 3.05) is 11.6 Å². The Labute approximate surface area is 159 Å². The van der Waals surface area contributed by atoms with Crippen LogP contribution in [0.3, 0.4) is 0 Å². The minimum absolute atomic E-state index is 0.00680. The summed E-state index contributed by atoms with van der Waals surface area (Å²) in [5, 5.41) is 4.32. The molecule has 27 heavy (non-hydrogen) atoms. The number of benzene rings is 2. The molecule has 2 amide bonds. The average Bonchev–Trinajstić information content (AvgIpc) is 2.68. The Morgan fingerprint density at radius 2 is 1.89 bits per heavy atom. The van der Waals surface area contributed by atoms with E-state index in [1.165, 1.54) is 10.6 Å². The number of nitrogens with zero attached hydrogens (tertiary/aromatic N) is 2. The summed E-state index contributed by atoms with van der Waals surface area (Å²) in [6, 6.07) is 17.7. The third-order valence-electron chi connectivity index (χ3n) is 4.43. The monoisotopic (exact) mass is 364 g/mol. The molecule has 6 nitrogen and oxygen atoms in total. The van der Waals surface area contributed by atoms with Gasteiger partial charge in [0.15, 0.2) is 0 Å². The van der Waals surface area contributed by atoms with E-state index < -0.39 is 0 Å². The standard InChI is InChI=1S/C21H24N4O2/c1-15-8-12-18(13-9-15)25-19(26)14-22-20(24-25)21(27)23-16(2)10-11-17-6-4-3-5-7-17/h3-9,12-13,16H,10-11,14H2,1-2H3,(H,22,24)(H,23,27). The average molecular weight is 364 g/mol. The number of aliphatic imine (C=N–C) groups is 1. The summed E-state index contributed by atoms with van der Waals surface area (Å²) >= 11 is 0. The Balaban J connectivity index is 1.57. The van der Waals surface area contributed by atoms with Crippen LogP contribution in [-0.4, -0.2) is 30.2 Å². The van der Waals surface area contributed by atoms with Crippen molar-refractivity contribution in [3.63, 3.8) is 0 Å². The lowest BCUT2D eigenvalue weighted by Gasteiger charge is -2.28. The van der Waals surface area contributed by atoms with Crippen molar-refractivity contribution < 1.29 is 9.59 Å². The summed E-state index contributed by atoms with van der Waals surface area (Å²) in [7, 11) is 0. The van der Waals surface area contributed by atoms with Crippen LogP contribution in [0.2, 0.25) is 0 Å². The highest BCUT2D eigenvalue weighted by Gasteiger charge is 2.26. The van der Waals surface area contributed by atoms with Crippen LogP contribution in [0, 0.1) is 6.92 Å². The predicted molar refractivity (Wildman–Crippen MR) is 106 cm³/mol. The second kappa shape index (κ2) is 8.49. The van der Waals surface area contributed by atoms with Gasteiger partial charge in [-0.15, -0.1) is 0 Å². The number of anilines is 1. The summed E-state index contributed by atoms with van der Waals surface area (Å²) < 4.78 is 0. The van der Waals surface area contributed by atoms with Crippen LogP contribution < -0.4 is 15.8 Å². The maximum absolute atomic E-state index is 12.5. The number of hydrazine groups is 1. The highest BCUT2D eigenvalue weighted by Crippen LogP contribution is 2.15. The van der Waals surface area contributed by atoms with Crippen LogP contribution in [0.5, 0.6) is 0 Å². The molecule has 1 atom stereocenters. The van der Waals surface area contributed by atoms with Crippen molar-refractivity contribution >= 4 is 23.3 Å². The van der Waals surface area contributed by atoms with Gasteiger partial charge < -0.3 is 5.32 Å². The number of nitrogens with one attached hydrogen (secondary N) is 2.